The fourth-order valence-electron chi connectivity index (χ4n) is 2.95. The van der Waals surface area contributed by atoms with E-state index in [4.69, 9.17) is 0 Å². The van der Waals surface area contributed by atoms with Gasteiger partial charge in [0.25, 0.3) is 0 Å². The highest BCUT2D eigenvalue weighted by Gasteiger charge is 2.31. The van der Waals surface area contributed by atoms with Crippen LogP contribution < -0.4 is 0 Å². The van der Waals surface area contributed by atoms with Crippen molar-refractivity contribution in [2.24, 2.45) is 7.05 Å². The third kappa shape index (κ3) is 2.49. The molecule has 0 amide bonds. The van der Waals surface area contributed by atoms with Crippen molar-refractivity contribution in [3.63, 3.8) is 0 Å². The van der Waals surface area contributed by atoms with E-state index in [2.05, 4.69) is 0 Å². The van der Waals surface area contributed by atoms with Gasteiger partial charge in [-0.15, -0.1) is 0 Å². The van der Waals surface area contributed by atoms with E-state index in [1.165, 1.54) is 4.31 Å². The van der Waals surface area contributed by atoms with Gasteiger partial charge in [-0.2, -0.15) is 4.31 Å². The summed E-state index contributed by atoms with van der Waals surface area (Å²) in [6.07, 6.45) is 1.63. The highest BCUT2D eigenvalue weighted by molar-refractivity contribution is 7.89. The second kappa shape index (κ2) is 5.81. The van der Waals surface area contributed by atoms with E-state index in [0.29, 0.717) is 4.90 Å². The molecule has 1 aromatic heterocycles. The van der Waals surface area contributed by atoms with Crippen molar-refractivity contribution in [2.75, 3.05) is 7.05 Å². The van der Waals surface area contributed by atoms with E-state index in [9.17, 15) is 8.42 Å². The highest BCUT2D eigenvalue weighted by Crippen LogP contribution is 2.31. The second-order valence-electron chi connectivity index (χ2n) is 5.48. The molecule has 0 atom stereocenters. The van der Waals surface area contributed by atoms with Crippen molar-refractivity contribution in [3.8, 4) is 0 Å². The summed E-state index contributed by atoms with van der Waals surface area (Å²) in [4.78, 5) is 0.440. The number of sulfonamides is 1. The molecule has 0 unspecified atom stereocenters. The van der Waals surface area contributed by atoms with Gasteiger partial charge < -0.3 is 4.57 Å². The van der Waals surface area contributed by atoms with E-state index in [-0.39, 0.29) is 6.04 Å². The summed E-state index contributed by atoms with van der Waals surface area (Å²) in [5.41, 5.74) is 1.74. The fraction of sp³-hybridized carbons (Fsp3) is 0.500. The Balaban J connectivity index is 2.68. The summed E-state index contributed by atoms with van der Waals surface area (Å²) in [6.45, 7) is 5.92. The van der Waals surface area contributed by atoms with Crippen molar-refractivity contribution in [2.45, 2.75) is 44.6 Å². The molecule has 0 aliphatic heterocycles. The van der Waals surface area contributed by atoms with Gasteiger partial charge in [0.05, 0.1) is 0 Å². The van der Waals surface area contributed by atoms with Gasteiger partial charge in [-0.1, -0.05) is 32.0 Å². The molecule has 5 heteroatoms. The maximum absolute atomic E-state index is 13.1. The molecule has 0 radical (unpaired) electrons. The van der Waals surface area contributed by atoms with E-state index < -0.39 is 10.0 Å². The lowest BCUT2D eigenvalue weighted by Crippen LogP contribution is -2.36. The number of aryl methyl sites for hydroxylation is 1. The van der Waals surface area contributed by atoms with Gasteiger partial charge in [-0.25, -0.2) is 8.42 Å². The van der Waals surface area contributed by atoms with E-state index in [0.717, 1.165) is 29.4 Å². The minimum Gasteiger partial charge on any atom is -0.347 e. The predicted molar refractivity (Wildman–Crippen MR) is 87.0 cm³/mol. The molecule has 1 heterocycles. The zero-order valence-electron chi connectivity index (χ0n) is 13.4. The number of hydrogen-bond donors (Lipinski definition) is 0. The van der Waals surface area contributed by atoms with Crippen LogP contribution in [0.4, 0.5) is 0 Å². The molecule has 0 saturated heterocycles. The van der Waals surface area contributed by atoms with Crippen LogP contribution in [0.5, 0.6) is 0 Å². The molecule has 0 aliphatic rings. The predicted octanol–water partition coefficient (Wildman–Crippen LogP) is 3.30. The number of hydrogen-bond acceptors (Lipinski definition) is 2. The lowest BCUT2D eigenvalue weighted by Gasteiger charge is -2.25. The maximum Gasteiger partial charge on any atom is 0.245 e. The fourth-order valence-corrected chi connectivity index (χ4v) is 4.89. The molecule has 0 aliphatic carbocycles. The monoisotopic (exact) mass is 308 g/mol. The molecule has 21 heavy (non-hydrogen) atoms. The first kappa shape index (κ1) is 16.0. The average Bonchev–Trinajstić information content (AvgIpc) is 2.73. The lowest BCUT2D eigenvalue weighted by molar-refractivity contribution is 0.350. The third-order valence-corrected chi connectivity index (χ3v) is 6.52. The van der Waals surface area contributed by atoms with E-state index >= 15 is 0 Å². The molecular weight excluding hydrogens is 284 g/mol. The molecule has 4 nitrogen and oxygen atoms in total. The smallest absolute Gasteiger partial charge is 0.245 e. The third-order valence-electron chi connectivity index (χ3n) is 4.44. The summed E-state index contributed by atoms with van der Waals surface area (Å²) >= 11 is 0. The quantitative estimate of drug-likeness (QED) is 0.850. The zero-order chi connectivity index (χ0) is 15.8. The summed E-state index contributed by atoms with van der Waals surface area (Å²) in [5, 5.41) is 0.801. The Morgan fingerprint density at radius 2 is 1.76 bits per heavy atom. The first-order valence-corrected chi connectivity index (χ1v) is 8.82. The SMILES string of the molecule is CCC(CC)N(C)S(=O)(=O)c1c(C)n(C)c2ccccc12. The molecule has 2 rings (SSSR count). The van der Waals surface area contributed by atoms with Crippen LogP contribution in [-0.4, -0.2) is 30.4 Å². The first-order valence-electron chi connectivity index (χ1n) is 7.38. The molecule has 0 N–H and O–H groups in total. The normalized spacial score (nSPS) is 12.7. The Bertz CT molecular complexity index is 743. The number of nitrogens with zero attached hydrogens (tertiary/aromatic N) is 2. The van der Waals surface area contributed by atoms with Crippen LogP contribution in [-0.2, 0) is 17.1 Å². The molecule has 0 bridgehead atoms. The first-order chi connectivity index (χ1) is 9.86. The Hall–Kier alpha value is -1.33. The van der Waals surface area contributed by atoms with Gasteiger partial charge >= 0.3 is 0 Å². The molecule has 0 fully saturated rings. The van der Waals surface area contributed by atoms with Crippen molar-refractivity contribution >= 4 is 20.9 Å². The summed E-state index contributed by atoms with van der Waals surface area (Å²) in [6, 6.07) is 7.70. The van der Waals surface area contributed by atoms with Crippen LogP contribution in [0.1, 0.15) is 32.4 Å². The van der Waals surface area contributed by atoms with Gasteiger partial charge in [-0.3, -0.25) is 0 Å². The molecule has 0 spiro atoms. The average molecular weight is 308 g/mol. The Morgan fingerprint density at radius 3 is 2.33 bits per heavy atom. The number of benzene rings is 1. The minimum absolute atomic E-state index is 0.0355. The number of aromatic nitrogens is 1. The van der Waals surface area contributed by atoms with Crippen LogP contribution in [0.25, 0.3) is 10.9 Å². The standard InChI is InChI=1S/C16H24N2O2S/c1-6-13(7-2)18(5)21(19,20)16-12(3)17(4)15-11-9-8-10-14(15)16/h8-11,13H,6-7H2,1-5H3. The molecule has 0 saturated carbocycles. The number of fused-ring (bicyclic) bond motifs is 1. The molecular formula is C16H24N2O2S. The Morgan fingerprint density at radius 1 is 1.19 bits per heavy atom. The lowest BCUT2D eigenvalue weighted by atomic mass is 10.2. The molecule has 116 valence electrons. The number of para-hydroxylation sites is 1. The Kier molecular flexibility index (Phi) is 4.44. The van der Waals surface area contributed by atoms with Crippen LogP contribution in [0, 0.1) is 6.92 Å². The van der Waals surface area contributed by atoms with Crippen molar-refractivity contribution in [1.82, 2.24) is 8.87 Å². The summed E-state index contributed by atoms with van der Waals surface area (Å²) < 4.78 is 29.6. The summed E-state index contributed by atoms with van der Waals surface area (Å²) in [7, 11) is 0.113. The molecule has 2 aromatic rings. The van der Waals surface area contributed by atoms with Crippen molar-refractivity contribution in [1.29, 1.82) is 0 Å². The topological polar surface area (TPSA) is 42.3 Å². The van der Waals surface area contributed by atoms with Crippen molar-refractivity contribution < 1.29 is 8.42 Å². The highest BCUT2D eigenvalue weighted by atomic mass is 32.2. The minimum atomic E-state index is -3.49. The van der Waals surface area contributed by atoms with Gasteiger partial charge in [0, 0.05) is 36.7 Å². The summed E-state index contributed by atoms with van der Waals surface area (Å²) in [5.74, 6) is 0. The van der Waals surface area contributed by atoms with Gasteiger partial charge in [0.1, 0.15) is 4.90 Å². The largest absolute Gasteiger partial charge is 0.347 e. The van der Waals surface area contributed by atoms with E-state index in [1.54, 1.807) is 7.05 Å². The second-order valence-corrected chi connectivity index (χ2v) is 7.42. The van der Waals surface area contributed by atoms with Gasteiger partial charge in [0.2, 0.25) is 10.0 Å². The zero-order valence-corrected chi connectivity index (χ0v) is 14.2. The van der Waals surface area contributed by atoms with Gasteiger partial charge in [0.15, 0.2) is 0 Å². The van der Waals surface area contributed by atoms with Crippen LogP contribution in [0.3, 0.4) is 0 Å². The van der Waals surface area contributed by atoms with Crippen LogP contribution in [0.2, 0.25) is 0 Å². The van der Waals surface area contributed by atoms with Gasteiger partial charge in [-0.05, 0) is 25.8 Å². The van der Waals surface area contributed by atoms with Crippen LogP contribution >= 0.6 is 0 Å². The van der Waals surface area contributed by atoms with Crippen LogP contribution in [0.15, 0.2) is 29.2 Å². The number of rotatable bonds is 5. The van der Waals surface area contributed by atoms with Crippen molar-refractivity contribution in [3.05, 3.63) is 30.0 Å². The molecule has 1 aromatic carbocycles. The Labute approximate surface area is 127 Å². The maximum atomic E-state index is 13.1. The van der Waals surface area contributed by atoms with E-state index in [1.807, 2.05) is 56.7 Å².